The summed E-state index contributed by atoms with van der Waals surface area (Å²) in [6.07, 6.45) is 62.8. The van der Waals surface area contributed by atoms with Gasteiger partial charge in [-0.25, -0.2) is 4.79 Å². The van der Waals surface area contributed by atoms with Gasteiger partial charge in [-0.05, 0) is 77.0 Å². The summed E-state index contributed by atoms with van der Waals surface area (Å²) in [5, 5.41) is 9.67. The van der Waals surface area contributed by atoms with E-state index in [0.29, 0.717) is 19.3 Å². The van der Waals surface area contributed by atoms with Crippen molar-refractivity contribution in [2.45, 2.75) is 257 Å². The van der Waals surface area contributed by atoms with Crippen molar-refractivity contribution < 1.29 is 38.2 Å². The molecule has 2 atom stereocenters. The first-order valence-electron chi connectivity index (χ1n) is 27.8. The van der Waals surface area contributed by atoms with Gasteiger partial charge >= 0.3 is 17.9 Å². The monoisotopic (exact) mass is 941 g/mol. The van der Waals surface area contributed by atoms with Crippen molar-refractivity contribution in [3.8, 4) is 0 Å². The molecule has 0 radical (unpaired) electrons. The van der Waals surface area contributed by atoms with Crippen LogP contribution in [0.4, 0.5) is 0 Å². The number of nitrogens with zero attached hydrogens (tertiary/aromatic N) is 1. The molecule has 388 valence electrons. The second kappa shape index (κ2) is 49.5. The van der Waals surface area contributed by atoms with E-state index in [9.17, 15) is 19.5 Å². The first-order chi connectivity index (χ1) is 32.6. The Labute approximate surface area is 413 Å². The number of carbonyl (C=O) groups is 3. The van der Waals surface area contributed by atoms with Crippen molar-refractivity contribution in [2.75, 3.05) is 41.0 Å². The minimum Gasteiger partial charge on any atom is -0.477 e. The number of esters is 2. The molecule has 67 heavy (non-hydrogen) atoms. The quantitative estimate of drug-likeness (QED) is 0.0281. The van der Waals surface area contributed by atoms with Gasteiger partial charge in [0.05, 0.1) is 34.4 Å². The second-order valence-corrected chi connectivity index (χ2v) is 19.8. The summed E-state index contributed by atoms with van der Waals surface area (Å²) in [4.78, 5) is 37.3. The standard InChI is InChI=1S/C59H105NO7/c1-6-8-10-12-14-16-18-20-22-24-26-28-30-31-33-35-37-39-41-43-45-47-49-57(61)66-54-55(53-65-52-51-56(59(63)64)60(3,4)5)67-58(62)50-48-46-44-42-40-38-36-34-32-29-27-25-23-21-19-17-15-13-11-9-7-2/h9,11,15,17,21,23-24,26,30-31,55-56H,6-8,10,12-14,16,18-20,22,25,27-29,32-54H2,1-5H3/p+1/b11-9+,17-15+,23-21+,26-24+,31-30+. The average molecular weight is 941 g/mol. The molecule has 2 unspecified atom stereocenters. The summed E-state index contributed by atoms with van der Waals surface area (Å²) >= 11 is 0. The van der Waals surface area contributed by atoms with Crippen LogP contribution in [0.5, 0.6) is 0 Å². The highest BCUT2D eigenvalue weighted by atomic mass is 16.6. The fourth-order valence-electron chi connectivity index (χ4n) is 8.14. The molecule has 0 saturated carbocycles. The smallest absolute Gasteiger partial charge is 0.362 e. The molecule has 0 aromatic rings. The number of hydrogen-bond acceptors (Lipinski definition) is 6. The molecule has 1 N–H and O–H groups in total. The van der Waals surface area contributed by atoms with Crippen molar-refractivity contribution in [3.05, 3.63) is 60.8 Å². The van der Waals surface area contributed by atoms with Crippen LogP contribution in [0.15, 0.2) is 60.8 Å². The Kier molecular flexibility index (Phi) is 47.3. The van der Waals surface area contributed by atoms with Gasteiger partial charge in [0.15, 0.2) is 12.1 Å². The van der Waals surface area contributed by atoms with Gasteiger partial charge < -0.3 is 23.8 Å². The highest BCUT2D eigenvalue weighted by Gasteiger charge is 2.31. The number of hydrogen-bond donors (Lipinski definition) is 1. The number of carbonyl (C=O) groups excluding carboxylic acids is 2. The highest BCUT2D eigenvalue weighted by molar-refractivity contribution is 5.72. The molecule has 0 rings (SSSR count). The van der Waals surface area contributed by atoms with E-state index in [2.05, 4.69) is 74.6 Å². The molecule has 0 amide bonds. The van der Waals surface area contributed by atoms with E-state index in [-0.39, 0.29) is 36.2 Å². The van der Waals surface area contributed by atoms with E-state index in [4.69, 9.17) is 14.2 Å². The third kappa shape index (κ3) is 47.9. The predicted octanol–water partition coefficient (Wildman–Crippen LogP) is 16.5. The molecule has 0 aromatic heterocycles. The van der Waals surface area contributed by atoms with E-state index in [1.54, 1.807) is 0 Å². The molecule has 0 spiro atoms. The zero-order valence-electron chi connectivity index (χ0n) is 44.3. The van der Waals surface area contributed by atoms with Gasteiger partial charge in [-0.1, -0.05) is 209 Å². The molecular weight excluding hydrogens is 835 g/mol. The molecule has 8 nitrogen and oxygen atoms in total. The van der Waals surface area contributed by atoms with Crippen molar-refractivity contribution in [1.29, 1.82) is 0 Å². The number of ether oxygens (including phenoxy) is 3. The van der Waals surface area contributed by atoms with Crippen molar-refractivity contribution in [3.63, 3.8) is 0 Å². The molecule has 0 aromatic carbocycles. The first-order valence-corrected chi connectivity index (χ1v) is 27.8. The Balaban J connectivity index is 4.21. The summed E-state index contributed by atoms with van der Waals surface area (Å²) in [7, 11) is 5.54. The summed E-state index contributed by atoms with van der Waals surface area (Å²) in [5.74, 6) is -1.47. The number of allylic oxidation sites excluding steroid dienone is 10. The summed E-state index contributed by atoms with van der Waals surface area (Å²) in [6.45, 7) is 4.64. The molecule has 0 aliphatic carbocycles. The van der Waals surface area contributed by atoms with Crippen LogP contribution in [0.2, 0.25) is 0 Å². The lowest BCUT2D eigenvalue weighted by Gasteiger charge is -2.31. The third-order valence-corrected chi connectivity index (χ3v) is 12.4. The molecule has 0 aliphatic rings. The molecule has 0 bridgehead atoms. The zero-order valence-corrected chi connectivity index (χ0v) is 44.3. The number of likely N-dealkylation sites (N-methyl/N-ethyl adjacent to an activating group) is 1. The molecule has 0 aliphatic heterocycles. The van der Waals surface area contributed by atoms with Gasteiger partial charge in [-0.15, -0.1) is 0 Å². The Bertz CT molecular complexity index is 1280. The lowest BCUT2D eigenvalue weighted by atomic mass is 10.0. The Hall–Kier alpha value is -2.97. The second-order valence-electron chi connectivity index (χ2n) is 19.8. The molecule has 8 heteroatoms. The van der Waals surface area contributed by atoms with E-state index >= 15 is 0 Å². The fraction of sp³-hybridized carbons (Fsp3) is 0.780. The number of aliphatic carboxylic acids is 1. The predicted molar refractivity (Wildman–Crippen MR) is 284 cm³/mol. The van der Waals surface area contributed by atoms with Crippen LogP contribution in [-0.2, 0) is 28.6 Å². The average Bonchev–Trinajstić information content (AvgIpc) is 3.29. The van der Waals surface area contributed by atoms with Gasteiger partial charge in [0.25, 0.3) is 0 Å². The topological polar surface area (TPSA) is 99.1 Å². The van der Waals surface area contributed by atoms with E-state index in [1.165, 1.54) is 141 Å². The Morgan fingerprint density at radius 1 is 0.463 bits per heavy atom. The van der Waals surface area contributed by atoms with Gasteiger partial charge in [-0.2, -0.15) is 0 Å². The van der Waals surface area contributed by atoms with Crippen LogP contribution >= 0.6 is 0 Å². The number of rotatable bonds is 50. The van der Waals surface area contributed by atoms with Crippen LogP contribution in [-0.4, -0.2) is 80.6 Å². The first kappa shape index (κ1) is 64.0. The van der Waals surface area contributed by atoms with Crippen LogP contribution in [0, 0.1) is 0 Å². The normalized spacial score (nSPS) is 13.3. The van der Waals surface area contributed by atoms with Gasteiger partial charge in [-0.3, -0.25) is 9.59 Å². The maximum absolute atomic E-state index is 12.8. The fourth-order valence-corrected chi connectivity index (χ4v) is 8.14. The Morgan fingerprint density at radius 2 is 0.836 bits per heavy atom. The number of quaternary nitrogens is 1. The number of unbranched alkanes of at least 4 members (excludes halogenated alkanes) is 26. The maximum atomic E-state index is 12.8. The summed E-state index contributed by atoms with van der Waals surface area (Å²) in [6, 6.07) is -0.619. The minimum absolute atomic E-state index is 0.0567. The van der Waals surface area contributed by atoms with E-state index in [0.717, 1.165) is 70.6 Å². The van der Waals surface area contributed by atoms with Crippen molar-refractivity contribution in [1.82, 2.24) is 0 Å². The van der Waals surface area contributed by atoms with Gasteiger partial charge in [0, 0.05) is 19.3 Å². The molecule has 0 fully saturated rings. The summed E-state index contributed by atoms with van der Waals surface area (Å²) < 4.78 is 17.4. The lowest BCUT2D eigenvalue weighted by Crippen LogP contribution is -2.50. The largest absolute Gasteiger partial charge is 0.477 e. The SMILES string of the molecule is CC/C=C/C/C=C/C/C=C/CCCCCCCCCCCCCC(=O)OC(COCCC(C(=O)O)[N+](C)(C)C)COC(=O)CCCCCCCCC/C=C/C/C=C/CCCCCCCCCC. The zero-order chi connectivity index (χ0) is 49.2. The number of carboxylic acid groups (broad SMARTS) is 1. The van der Waals surface area contributed by atoms with Gasteiger partial charge in [0.2, 0.25) is 0 Å². The van der Waals surface area contributed by atoms with Crippen LogP contribution in [0.25, 0.3) is 0 Å². The van der Waals surface area contributed by atoms with E-state index < -0.39 is 18.1 Å². The third-order valence-electron chi connectivity index (χ3n) is 12.4. The summed E-state index contributed by atoms with van der Waals surface area (Å²) in [5.41, 5.74) is 0. The van der Waals surface area contributed by atoms with Crippen molar-refractivity contribution in [2.24, 2.45) is 0 Å². The molecular formula is C59H106NO7+. The van der Waals surface area contributed by atoms with E-state index in [1.807, 2.05) is 21.1 Å². The molecule has 0 saturated heterocycles. The van der Waals surface area contributed by atoms with Crippen LogP contribution < -0.4 is 0 Å². The van der Waals surface area contributed by atoms with Gasteiger partial charge in [0.1, 0.15) is 6.61 Å². The number of carboxylic acids is 1. The molecule has 0 heterocycles. The van der Waals surface area contributed by atoms with Crippen molar-refractivity contribution >= 4 is 17.9 Å². The lowest BCUT2D eigenvalue weighted by molar-refractivity contribution is -0.887. The van der Waals surface area contributed by atoms with Crippen LogP contribution in [0.3, 0.4) is 0 Å². The minimum atomic E-state index is -0.876. The highest BCUT2D eigenvalue weighted by Crippen LogP contribution is 2.16. The van der Waals surface area contributed by atoms with Crippen LogP contribution in [0.1, 0.15) is 245 Å². The maximum Gasteiger partial charge on any atom is 0.362 e. The Morgan fingerprint density at radius 3 is 1.24 bits per heavy atom.